The molecular formula is C16H17F2N3O2. The van der Waals surface area contributed by atoms with Crippen LogP contribution in [0, 0.1) is 18.6 Å². The second-order valence-corrected chi connectivity index (χ2v) is 4.84. The number of carbonyl (C=O) groups is 1. The molecule has 0 aliphatic rings. The van der Waals surface area contributed by atoms with Crippen LogP contribution in [0.3, 0.4) is 0 Å². The van der Waals surface area contributed by atoms with Crippen molar-refractivity contribution in [2.75, 3.05) is 13.2 Å². The smallest absolute Gasteiger partial charge is 0.315 e. The summed E-state index contributed by atoms with van der Waals surface area (Å²) in [5.74, 6) is -1.50. The maximum absolute atomic E-state index is 13.3. The Morgan fingerprint density at radius 3 is 2.74 bits per heavy atom. The van der Waals surface area contributed by atoms with Crippen LogP contribution in [-0.4, -0.2) is 24.2 Å². The number of aromatic nitrogens is 1. The van der Waals surface area contributed by atoms with E-state index in [1.807, 2.05) is 19.1 Å². The van der Waals surface area contributed by atoms with Crippen molar-refractivity contribution < 1.29 is 18.3 Å². The number of rotatable bonds is 6. The first-order chi connectivity index (χ1) is 11.0. The van der Waals surface area contributed by atoms with Gasteiger partial charge in [-0.1, -0.05) is 6.07 Å². The Labute approximate surface area is 132 Å². The minimum atomic E-state index is -0.777. The minimum absolute atomic E-state index is 0.0562. The molecule has 0 aliphatic heterocycles. The van der Waals surface area contributed by atoms with E-state index < -0.39 is 11.6 Å². The Kier molecular flexibility index (Phi) is 5.85. The summed E-state index contributed by atoms with van der Waals surface area (Å²) in [7, 11) is 0. The number of ether oxygens (including phenoxy) is 1. The highest BCUT2D eigenvalue weighted by Gasteiger charge is 2.05. The molecule has 0 atom stereocenters. The molecule has 7 heteroatoms. The van der Waals surface area contributed by atoms with E-state index in [1.165, 1.54) is 6.07 Å². The zero-order chi connectivity index (χ0) is 16.7. The zero-order valence-electron chi connectivity index (χ0n) is 12.6. The number of aryl methyl sites for hydroxylation is 1. The maximum atomic E-state index is 13.3. The van der Waals surface area contributed by atoms with E-state index in [9.17, 15) is 13.6 Å². The monoisotopic (exact) mass is 321 g/mol. The Morgan fingerprint density at radius 1 is 1.22 bits per heavy atom. The Hall–Kier alpha value is -2.70. The van der Waals surface area contributed by atoms with E-state index in [0.717, 1.165) is 23.4 Å². The van der Waals surface area contributed by atoms with E-state index in [-0.39, 0.29) is 24.9 Å². The number of benzene rings is 1. The van der Waals surface area contributed by atoms with Gasteiger partial charge in [0.25, 0.3) is 0 Å². The molecule has 0 spiro atoms. The van der Waals surface area contributed by atoms with Gasteiger partial charge in [-0.2, -0.15) is 0 Å². The average molecular weight is 321 g/mol. The highest BCUT2D eigenvalue weighted by molar-refractivity contribution is 5.73. The molecule has 0 bridgehead atoms. The molecule has 0 radical (unpaired) electrons. The molecular weight excluding hydrogens is 304 g/mol. The highest BCUT2D eigenvalue weighted by atomic mass is 19.1. The lowest BCUT2D eigenvalue weighted by Crippen LogP contribution is -2.37. The van der Waals surface area contributed by atoms with Crippen LogP contribution in [-0.2, 0) is 6.54 Å². The lowest BCUT2D eigenvalue weighted by molar-refractivity contribution is 0.235. The number of urea groups is 1. The van der Waals surface area contributed by atoms with Gasteiger partial charge in [-0.3, -0.25) is 4.98 Å². The van der Waals surface area contributed by atoms with E-state index in [1.54, 1.807) is 6.20 Å². The number of nitrogens with one attached hydrogen (secondary N) is 2. The van der Waals surface area contributed by atoms with Gasteiger partial charge in [-0.25, -0.2) is 13.6 Å². The zero-order valence-corrected chi connectivity index (χ0v) is 12.6. The minimum Gasteiger partial charge on any atom is -0.489 e. The fourth-order valence-electron chi connectivity index (χ4n) is 1.77. The van der Waals surface area contributed by atoms with E-state index in [4.69, 9.17) is 4.74 Å². The Bertz CT molecular complexity index is 663. The topological polar surface area (TPSA) is 63.2 Å². The second kappa shape index (κ2) is 8.07. The van der Waals surface area contributed by atoms with Crippen LogP contribution < -0.4 is 15.4 Å². The number of hydrogen-bond donors (Lipinski definition) is 2. The van der Waals surface area contributed by atoms with Crippen molar-refractivity contribution in [1.82, 2.24) is 15.6 Å². The van der Waals surface area contributed by atoms with Gasteiger partial charge in [0.1, 0.15) is 12.4 Å². The highest BCUT2D eigenvalue weighted by Crippen LogP contribution is 2.17. The number of nitrogens with zero attached hydrogens (tertiary/aromatic N) is 1. The van der Waals surface area contributed by atoms with Crippen LogP contribution in [0.4, 0.5) is 13.6 Å². The van der Waals surface area contributed by atoms with E-state index in [2.05, 4.69) is 15.6 Å². The first kappa shape index (κ1) is 16.7. The molecule has 2 amide bonds. The average Bonchev–Trinajstić information content (AvgIpc) is 2.52. The number of carbonyl (C=O) groups excluding carboxylic acids is 1. The molecule has 0 aliphatic carbocycles. The lowest BCUT2D eigenvalue weighted by atomic mass is 10.2. The molecule has 2 rings (SSSR count). The quantitative estimate of drug-likeness (QED) is 0.804. The first-order valence-corrected chi connectivity index (χ1v) is 7.05. The van der Waals surface area contributed by atoms with Crippen molar-refractivity contribution in [3.8, 4) is 5.75 Å². The first-order valence-electron chi connectivity index (χ1n) is 7.05. The fraction of sp³-hybridized carbons (Fsp3) is 0.250. The molecule has 122 valence electrons. The van der Waals surface area contributed by atoms with Crippen molar-refractivity contribution in [2.45, 2.75) is 13.5 Å². The third-order valence-electron chi connectivity index (χ3n) is 2.96. The molecule has 1 aromatic carbocycles. The summed E-state index contributed by atoms with van der Waals surface area (Å²) < 4.78 is 31.1. The molecule has 0 unspecified atom stereocenters. The van der Waals surface area contributed by atoms with Crippen molar-refractivity contribution in [1.29, 1.82) is 0 Å². The standard InChI is InChI=1S/C16H17F2N3O2/c1-11-2-3-12(9-20-11)10-21-16(22)19-6-7-23-15-5-4-13(17)8-14(15)18/h2-5,8-9H,6-7,10H2,1H3,(H2,19,21,22). The summed E-state index contributed by atoms with van der Waals surface area (Å²) in [6.07, 6.45) is 1.69. The molecule has 5 nitrogen and oxygen atoms in total. The third-order valence-corrected chi connectivity index (χ3v) is 2.96. The molecule has 23 heavy (non-hydrogen) atoms. The van der Waals surface area contributed by atoms with Gasteiger partial charge in [0.2, 0.25) is 0 Å². The van der Waals surface area contributed by atoms with Crippen molar-refractivity contribution in [3.63, 3.8) is 0 Å². The van der Waals surface area contributed by atoms with Crippen LogP contribution in [0.2, 0.25) is 0 Å². The molecule has 1 heterocycles. The molecule has 2 aromatic rings. The molecule has 2 N–H and O–H groups in total. The summed E-state index contributed by atoms with van der Waals surface area (Å²) in [5.41, 5.74) is 1.79. The van der Waals surface area contributed by atoms with Gasteiger partial charge in [0.05, 0.1) is 6.54 Å². The largest absolute Gasteiger partial charge is 0.489 e. The van der Waals surface area contributed by atoms with Crippen LogP contribution in [0.25, 0.3) is 0 Å². The second-order valence-electron chi connectivity index (χ2n) is 4.84. The number of amides is 2. The van der Waals surface area contributed by atoms with Gasteiger partial charge < -0.3 is 15.4 Å². The van der Waals surface area contributed by atoms with Crippen molar-refractivity contribution in [2.24, 2.45) is 0 Å². The SMILES string of the molecule is Cc1ccc(CNC(=O)NCCOc2ccc(F)cc2F)cn1. The van der Waals surface area contributed by atoms with E-state index >= 15 is 0 Å². The van der Waals surface area contributed by atoms with Gasteiger partial charge >= 0.3 is 6.03 Å². The summed E-state index contributed by atoms with van der Waals surface area (Å²) >= 11 is 0. The summed E-state index contributed by atoms with van der Waals surface area (Å²) in [5, 5.41) is 5.24. The van der Waals surface area contributed by atoms with Crippen LogP contribution in [0.1, 0.15) is 11.3 Å². The molecule has 0 saturated carbocycles. The number of halogens is 2. The van der Waals surface area contributed by atoms with Crippen LogP contribution in [0.5, 0.6) is 5.75 Å². The lowest BCUT2D eigenvalue weighted by Gasteiger charge is -2.09. The summed E-state index contributed by atoms with van der Waals surface area (Å²) in [6.45, 7) is 2.50. The van der Waals surface area contributed by atoms with Crippen LogP contribution in [0.15, 0.2) is 36.5 Å². The van der Waals surface area contributed by atoms with Crippen molar-refractivity contribution in [3.05, 3.63) is 59.4 Å². The molecule has 0 saturated heterocycles. The summed E-state index contributed by atoms with van der Waals surface area (Å²) in [4.78, 5) is 15.7. The van der Waals surface area contributed by atoms with Crippen LogP contribution >= 0.6 is 0 Å². The summed E-state index contributed by atoms with van der Waals surface area (Å²) in [6, 6.07) is 6.42. The van der Waals surface area contributed by atoms with Gasteiger partial charge in [-0.05, 0) is 30.7 Å². The van der Waals surface area contributed by atoms with Gasteiger partial charge in [0, 0.05) is 24.5 Å². The van der Waals surface area contributed by atoms with Gasteiger partial charge in [-0.15, -0.1) is 0 Å². The molecule has 0 fully saturated rings. The van der Waals surface area contributed by atoms with E-state index in [0.29, 0.717) is 6.54 Å². The Morgan fingerprint density at radius 2 is 2.04 bits per heavy atom. The predicted molar refractivity (Wildman–Crippen MR) is 81.1 cm³/mol. The van der Waals surface area contributed by atoms with Gasteiger partial charge in [0.15, 0.2) is 11.6 Å². The number of hydrogen-bond acceptors (Lipinski definition) is 3. The number of pyridine rings is 1. The van der Waals surface area contributed by atoms with Crippen molar-refractivity contribution >= 4 is 6.03 Å². The molecule has 1 aromatic heterocycles. The third kappa shape index (κ3) is 5.54. The maximum Gasteiger partial charge on any atom is 0.315 e. The predicted octanol–water partition coefficient (Wildman–Crippen LogP) is 2.55. The Balaban J connectivity index is 1.65. The fourth-order valence-corrected chi connectivity index (χ4v) is 1.77. The normalized spacial score (nSPS) is 10.2.